The molecular weight excluding hydrogens is 198 g/mol. The van der Waals surface area contributed by atoms with Gasteiger partial charge in [0.2, 0.25) is 5.39 Å². The van der Waals surface area contributed by atoms with Gasteiger partial charge in [-0.25, -0.2) is 0 Å². The van der Waals surface area contributed by atoms with Crippen molar-refractivity contribution in [3.05, 3.63) is 29.2 Å². The Morgan fingerprint density at radius 2 is 1.64 bits per heavy atom. The Morgan fingerprint density at radius 3 is 2.00 bits per heavy atom. The van der Waals surface area contributed by atoms with Crippen molar-refractivity contribution in [2.75, 3.05) is 18.0 Å². The summed E-state index contributed by atoms with van der Waals surface area (Å²) in [6.45, 7) is 6.22. The van der Waals surface area contributed by atoms with Crippen LogP contribution >= 0.6 is 0 Å². The van der Waals surface area contributed by atoms with Crippen LogP contribution in [-0.2, 0) is 0 Å². The van der Waals surface area contributed by atoms with Gasteiger partial charge in [-0.3, -0.25) is 0 Å². The Hall–Kier alpha value is -1.27. The molecule has 0 unspecified atom stereocenters. The fourth-order valence-corrected chi connectivity index (χ4v) is 1.32. The molecule has 0 bridgehead atoms. The number of hydrogen-bond donors (Lipinski definition) is 0. The molecule has 0 N–H and O–H groups in total. The maximum absolute atomic E-state index is 8.49. The van der Waals surface area contributed by atoms with E-state index in [9.17, 15) is 0 Å². The first-order valence-electron chi connectivity index (χ1n) is 4.52. The molecule has 0 heterocycles. The fraction of sp³-hybridized carbons (Fsp3) is 0.400. The molecule has 0 aliphatic carbocycles. The number of anilines is 1. The van der Waals surface area contributed by atoms with Crippen LogP contribution in [0.5, 0.6) is 0 Å². The van der Waals surface area contributed by atoms with Gasteiger partial charge in [-0.05, 0) is 26.0 Å². The standard InChI is InChI=1S/C10H14N3.ClH/c1-3-13(4-2)10-7-5-9(12-11)6-8-10;/h5-8H,3-4H2,1-2H3;1H/q+1;/p-1. The number of rotatable bonds is 3. The maximum atomic E-state index is 8.49. The van der Waals surface area contributed by atoms with Gasteiger partial charge in [0.25, 0.3) is 0 Å². The lowest BCUT2D eigenvalue weighted by molar-refractivity contribution is -0.00000299. The zero-order chi connectivity index (χ0) is 9.68. The summed E-state index contributed by atoms with van der Waals surface area (Å²) in [5, 5.41) is 8.49. The molecule has 1 aromatic rings. The van der Waals surface area contributed by atoms with Crippen LogP contribution in [0.4, 0.5) is 11.4 Å². The van der Waals surface area contributed by atoms with Crippen molar-refractivity contribution >= 4 is 11.4 Å². The van der Waals surface area contributed by atoms with Crippen LogP contribution in [0.1, 0.15) is 13.8 Å². The van der Waals surface area contributed by atoms with Crippen LogP contribution in [0.25, 0.3) is 4.98 Å². The third kappa shape index (κ3) is 2.90. The minimum absolute atomic E-state index is 0. The van der Waals surface area contributed by atoms with Gasteiger partial charge in [-0.1, -0.05) is 0 Å². The molecular formula is C10H14ClN3. The zero-order valence-corrected chi connectivity index (χ0v) is 9.20. The molecule has 0 fully saturated rings. The highest BCUT2D eigenvalue weighted by Crippen LogP contribution is 2.19. The molecule has 3 nitrogen and oxygen atoms in total. The summed E-state index contributed by atoms with van der Waals surface area (Å²) < 4.78 is 0. The summed E-state index contributed by atoms with van der Waals surface area (Å²) in [6.07, 6.45) is 0. The van der Waals surface area contributed by atoms with Crippen LogP contribution in [0.15, 0.2) is 24.3 Å². The van der Waals surface area contributed by atoms with Crippen molar-refractivity contribution in [1.29, 1.82) is 5.39 Å². The van der Waals surface area contributed by atoms with Crippen molar-refractivity contribution < 1.29 is 12.4 Å². The van der Waals surface area contributed by atoms with Crippen molar-refractivity contribution in [3.63, 3.8) is 0 Å². The first-order valence-corrected chi connectivity index (χ1v) is 4.52. The lowest BCUT2D eigenvalue weighted by Gasteiger charge is -2.20. The van der Waals surface area contributed by atoms with Gasteiger partial charge in [0.15, 0.2) is 4.98 Å². The first-order chi connectivity index (χ1) is 6.31. The molecule has 14 heavy (non-hydrogen) atoms. The zero-order valence-electron chi connectivity index (χ0n) is 8.44. The molecule has 0 radical (unpaired) electrons. The van der Waals surface area contributed by atoms with E-state index in [1.54, 1.807) is 12.1 Å². The molecule has 4 heteroatoms. The first kappa shape index (κ1) is 12.7. The van der Waals surface area contributed by atoms with Gasteiger partial charge < -0.3 is 17.3 Å². The third-order valence-corrected chi connectivity index (χ3v) is 2.09. The van der Waals surface area contributed by atoms with Gasteiger partial charge in [-0.15, -0.1) is 0 Å². The highest BCUT2D eigenvalue weighted by molar-refractivity contribution is 5.55. The fourth-order valence-electron chi connectivity index (χ4n) is 1.32. The number of nitrogens with zero attached hydrogens (tertiary/aromatic N) is 3. The Labute approximate surface area is 90.8 Å². The third-order valence-electron chi connectivity index (χ3n) is 2.09. The van der Waals surface area contributed by atoms with Crippen LogP contribution in [-0.4, -0.2) is 13.1 Å². The number of halogens is 1. The molecule has 0 saturated carbocycles. The SMILES string of the molecule is CCN(CC)c1ccc([N+]#N)cc1.[Cl-]. The number of hydrogen-bond acceptors (Lipinski definition) is 2. The van der Waals surface area contributed by atoms with Crippen LogP contribution in [0.3, 0.4) is 0 Å². The summed E-state index contributed by atoms with van der Waals surface area (Å²) in [4.78, 5) is 5.34. The Bertz CT molecular complexity index is 298. The second-order valence-corrected chi connectivity index (χ2v) is 2.79. The lowest BCUT2D eigenvalue weighted by atomic mass is 10.2. The van der Waals surface area contributed by atoms with E-state index in [1.807, 2.05) is 12.1 Å². The van der Waals surface area contributed by atoms with Crippen LogP contribution in [0.2, 0.25) is 0 Å². The van der Waals surface area contributed by atoms with Gasteiger partial charge in [0.1, 0.15) is 0 Å². The molecule has 0 saturated heterocycles. The Kier molecular flexibility index (Phi) is 5.66. The maximum Gasteiger partial charge on any atom is 0.385 e. The van der Waals surface area contributed by atoms with E-state index in [0.717, 1.165) is 18.8 Å². The summed E-state index contributed by atoms with van der Waals surface area (Å²) in [5.74, 6) is 0. The van der Waals surface area contributed by atoms with Crippen molar-refractivity contribution in [2.45, 2.75) is 13.8 Å². The molecule has 0 aliphatic heterocycles. The molecule has 0 amide bonds. The monoisotopic (exact) mass is 211 g/mol. The van der Waals surface area contributed by atoms with Gasteiger partial charge in [-0.2, -0.15) is 0 Å². The predicted molar refractivity (Wildman–Crippen MR) is 54.7 cm³/mol. The average molecular weight is 212 g/mol. The predicted octanol–water partition coefficient (Wildman–Crippen LogP) is 0.0214. The highest BCUT2D eigenvalue weighted by atomic mass is 35.5. The summed E-state index contributed by atoms with van der Waals surface area (Å²) in [7, 11) is 0. The highest BCUT2D eigenvalue weighted by Gasteiger charge is 2.05. The van der Waals surface area contributed by atoms with E-state index in [-0.39, 0.29) is 12.4 Å². The second-order valence-electron chi connectivity index (χ2n) is 2.79. The van der Waals surface area contributed by atoms with E-state index in [2.05, 4.69) is 23.7 Å². The van der Waals surface area contributed by atoms with Gasteiger partial charge >= 0.3 is 5.69 Å². The molecule has 0 aromatic heterocycles. The second kappa shape index (κ2) is 6.22. The molecule has 0 spiro atoms. The van der Waals surface area contributed by atoms with E-state index in [1.165, 1.54) is 0 Å². The number of diazo groups is 1. The minimum atomic E-state index is 0. The molecule has 1 rings (SSSR count). The van der Waals surface area contributed by atoms with Crippen molar-refractivity contribution in [3.8, 4) is 0 Å². The van der Waals surface area contributed by atoms with E-state index >= 15 is 0 Å². The smallest absolute Gasteiger partial charge is 0.385 e. The molecule has 0 atom stereocenters. The minimum Gasteiger partial charge on any atom is -1.00 e. The Morgan fingerprint density at radius 1 is 1.14 bits per heavy atom. The van der Waals surface area contributed by atoms with Crippen LogP contribution in [0, 0.1) is 5.39 Å². The molecule has 1 aromatic carbocycles. The van der Waals surface area contributed by atoms with E-state index in [4.69, 9.17) is 5.39 Å². The molecule has 76 valence electrons. The molecule has 0 aliphatic rings. The normalized spacial score (nSPS) is 8.64. The summed E-state index contributed by atoms with van der Waals surface area (Å²) in [5.41, 5.74) is 1.76. The lowest BCUT2D eigenvalue weighted by Crippen LogP contribution is -3.00. The van der Waals surface area contributed by atoms with Crippen LogP contribution < -0.4 is 17.3 Å². The average Bonchev–Trinajstić information content (AvgIpc) is 2.21. The van der Waals surface area contributed by atoms with E-state index in [0.29, 0.717) is 5.69 Å². The van der Waals surface area contributed by atoms with Gasteiger partial charge in [0.05, 0.1) is 0 Å². The Balaban J connectivity index is 0.00000169. The van der Waals surface area contributed by atoms with Crippen molar-refractivity contribution in [2.24, 2.45) is 0 Å². The largest absolute Gasteiger partial charge is 1.00 e. The van der Waals surface area contributed by atoms with E-state index < -0.39 is 0 Å². The topological polar surface area (TPSA) is 31.4 Å². The quantitative estimate of drug-likeness (QED) is 0.661. The van der Waals surface area contributed by atoms with Crippen molar-refractivity contribution in [1.82, 2.24) is 0 Å². The summed E-state index contributed by atoms with van der Waals surface area (Å²) in [6, 6.07) is 7.52. The summed E-state index contributed by atoms with van der Waals surface area (Å²) >= 11 is 0. The van der Waals surface area contributed by atoms with Gasteiger partial charge in [0, 0.05) is 30.9 Å². The number of benzene rings is 1.